The smallest absolute Gasteiger partial charge is 0.0897 e. The number of hydrogen-bond acceptors (Lipinski definition) is 2. The van der Waals surface area contributed by atoms with Crippen LogP contribution in [0.25, 0.3) is 0 Å². The molecule has 0 saturated carbocycles. The summed E-state index contributed by atoms with van der Waals surface area (Å²) in [6, 6.07) is 0. The van der Waals surface area contributed by atoms with Crippen LogP contribution < -0.4 is 0 Å². The van der Waals surface area contributed by atoms with E-state index in [0.29, 0.717) is 12.8 Å². The van der Waals surface area contributed by atoms with Crippen LogP contribution >= 0.6 is 0 Å². The predicted molar refractivity (Wildman–Crippen MR) is 37.2 cm³/mol. The van der Waals surface area contributed by atoms with Gasteiger partial charge < -0.3 is 10.2 Å². The molecule has 0 fully saturated rings. The standard InChI is InChI=1S/C7H16O2/c1-4-7(9,5-2)6(3)8/h6,8-9H,4-5H2,1-3H3/t6-/m0/s1. The predicted octanol–water partition coefficient (Wildman–Crippen LogP) is 0.918. The van der Waals surface area contributed by atoms with Gasteiger partial charge in [0.05, 0.1) is 11.7 Å². The molecule has 2 N–H and O–H groups in total. The van der Waals surface area contributed by atoms with Crippen molar-refractivity contribution < 1.29 is 10.2 Å². The van der Waals surface area contributed by atoms with Gasteiger partial charge in [0.25, 0.3) is 0 Å². The third kappa shape index (κ3) is 1.95. The van der Waals surface area contributed by atoms with Gasteiger partial charge in [0.2, 0.25) is 0 Å². The Kier molecular flexibility index (Phi) is 3.15. The molecule has 2 nitrogen and oxygen atoms in total. The Bertz CT molecular complexity index is 75.0. The molecule has 0 aromatic carbocycles. The highest BCUT2D eigenvalue weighted by Gasteiger charge is 2.27. The van der Waals surface area contributed by atoms with E-state index >= 15 is 0 Å². The molecule has 0 saturated heterocycles. The summed E-state index contributed by atoms with van der Waals surface area (Å²) in [5.41, 5.74) is -0.861. The van der Waals surface area contributed by atoms with E-state index in [1.54, 1.807) is 6.92 Å². The average Bonchev–Trinajstić information content (AvgIpc) is 1.86. The summed E-state index contributed by atoms with van der Waals surface area (Å²) in [6.07, 6.45) is 0.606. The fraction of sp³-hybridized carbons (Fsp3) is 1.00. The molecular formula is C7H16O2. The lowest BCUT2D eigenvalue weighted by molar-refractivity contribution is -0.0707. The summed E-state index contributed by atoms with van der Waals surface area (Å²) in [5, 5.41) is 18.5. The van der Waals surface area contributed by atoms with Gasteiger partial charge in [-0.3, -0.25) is 0 Å². The van der Waals surface area contributed by atoms with Crippen molar-refractivity contribution in [1.82, 2.24) is 0 Å². The first kappa shape index (κ1) is 8.92. The Morgan fingerprint density at radius 2 is 1.67 bits per heavy atom. The molecule has 0 unspecified atom stereocenters. The molecule has 56 valence electrons. The summed E-state index contributed by atoms with van der Waals surface area (Å²) < 4.78 is 0. The molecule has 0 aliphatic heterocycles. The van der Waals surface area contributed by atoms with Gasteiger partial charge in [-0.1, -0.05) is 13.8 Å². The molecule has 0 rings (SSSR count). The highest BCUT2D eigenvalue weighted by atomic mass is 16.3. The first-order chi connectivity index (χ1) is 4.06. The van der Waals surface area contributed by atoms with Gasteiger partial charge in [-0.05, 0) is 19.8 Å². The van der Waals surface area contributed by atoms with Gasteiger partial charge in [0.1, 0.15) is 0 Å². The molecule has 0 radical (unpaired) electrons. The molecule has 0 amide bonds. The molecule has 1 atom stereocenters. The maximum atomic E-state index is 9.46. The molecule has 9 heavy (non-hydrogen) atoms. The van der Waals surface area contributed by atoms with Crippen molar-refractivity contribution in [2.45, 2.75) is 45.3 Å². The van der Waals surface area contributed by atoms with Gasteiger partial charge in [0.15, 0.2) is 0 Å². The van der Waals surface area contributed by atoms with E-state index in [4.69, 9.17) is 5.11 Å². The van der Waals surface area contributed by atoms with Gasteiger partial charge in [-0.25, -0.2) is 0 Å². The summed E-state index contributed by atoms with van der Waals surface area (Å²) in [7, 11) is 0. The number of aliphatic hydroxyl groups excluding tert-OH is 1. The van der Waals surface area contributed by atoms with Crippen LogP contribution in [0.3, 0.4) is 0 Å². The van der Waals surface area contributed by atoms with Crippen LogP contribution in [0, 0.1) is 0 Å². The van der Waals surface area contributed by atoms with Crippen molar-refractivity contribution in [2.75, 3.05) is 0 Å². The zero-order valence-corrected chi connectivity index (χ0v) is 6.39. The lowest BCUT2D eigenvalue weighted by Gasteiger charge is -2.27. The van der Waals surface area contributed by atoms with Crippen molar-refractivity contribution in [3.63, 3.8) is 0 Å². The third-order valence-corrected chi connectivity index (χ3v) is 2.00. The van der Waals surface area contributed by atoms with Gasteiger partial charge in [0, 0.05) is 0 Å². The highest BCUT2D eigenvalue weighted by molar-refractivity contribution is 4.80. The molecule has 2 heteroatoms. The van der Waals surface area contributed by atoms with Crippen molar-refractivity contribution in [3.8, 4) is 0 Å². The number of aliphatic hydroxyl groups is 2. The second kappa shape index (κ2) is 3.18. The Balaban J connectivity index is 3.92. The third-order valence-electron chi connectivity index (χ3n) is 2.00. The summed E-state index contributed by atoms with van der Waals surface area (Å²) in [6.45, 7) is 5.36. The van der Waals surface area contributed by atoms with Crippen LogP contribution in [-0.4, -0.2) is 21.9 Å². The molecule has 0 aliphatic carbocycles. The summed E-state index contributed by atoms with van der Waals surface area (Å²) in [4.78, 5) is 0. The quantitative estimate of drug-likeness (QED) is 0.599. The first-order valence-corrected chi connectivity index (χ1v) is 3.47. The van der Waals surface area contributed by atoms with E-state index in [9.17, 15) is 5.11 Å². The summed E-state index contributed by atoms with van der Waals surface area (Å²) in [5.74, 6) is 0. The maximum Gasteiger partial charge on any atom is 0.0897 e. The van der Waals surface area contributed by atoms with Gasteiger partial charge in [-0.15, -0.1) is 0 Å². The topological polar surface area (TPSA) is 40.5 Å². The van der Waals surface area contributed by atoms with E-state index in [1.165, 1.54) is 0 Å². The largest absolute Gasteiger partial charge is 0.390 e. The molecular weight excluding hydrogens is 116 g/mol. The molecule has 0 aromatic rings. The van der Waals surface area contributed by atoms with Gasteiger partial charge >= 0.3 is 0 Å². The Morgan fingerprint density at radius 1 is 1.33 bits per heavy atom. The van der Waals surface area contributed by atoms with Crippen LogP contribution in [-0.2, 0) is 0 Å². The summed E-state index contributed by atoms with van der Waals surface area (Å²) >= 11 is 0. The minimum atomic E-state index is -0.861. The molecule has 0 heterocycles. The Labute approximate surface area is 56.5 Å². The van der Waals surface area contributed by atoms with Crippen molar-refractivity contribution in [2.24, 2.45) is 0 Å². The van der Waals surface area contributed by atoms with E-state index in [-0.39, 0.29) is 0 Å². The zero-order chi connectivity index (χ0) is 7.49. The second-order valence-electron chi connectivity index (χ2n) is 2.49. The highest BCUT2D eigenvalue weighted by Crippen LogP contribution is 2.18. The minimum Gasteiger partial charge on any atom is -0.390 e. The van der Waals surface area contributed by atoms with Crippen LogP contribution in [0.1, 0.15) is 33.6 Å². The SMILES string of the molecule is CCC(O)(CC)[C@H](C)O. The Morgan fingerprint density at radius 3 is 1.67 bits per heavy atom. The molecule has 0 aromatic heterocycles. The van der Waals surface area contributed by atoms with Crippen LogP contribution in [0.5, 0.6) is 0 Å². The monoisotopic (exact) mass is 132 g/mol. The van der Waals surface area contributed by atoms with Crippen LogP contribution in [0.15, 0.2) is 0 Å². The van der Waals surface area contributed by atoms with E-state index < -0.39 is 11.7 Å². The van der Waals surface area contributed by atoms with Crippen LogP contribution in [0.4, 0.5) is 0 Å². The zero-order valence-electron chi connectivity index (χ0n) is 6.39. The van der Waals surface area contributed by atoms with Crippen LogP contribution in [0.2, 0.25) is 0 Å². The van der Waals surface area contributed by atoms with E-state index in [2.05, 4.69) is 0 Å². The Hall–Kier alpha value is -0.0800. The minimum absolute atomic E-state index is 0.612. The van der Waals surface area contributed by atoms with Gasteiger partial charge in [-0.2, -0.15) is 0 Å². The molecule has 0 spiro atoms. The van der Waals surface area contributed by atoms with Crippen molar-refractivity contribution in [1.29, 1.82) is 0 Å². The lowest BCUT2D eigenvalue weighted by atomic mass is 9.92. The number of hydrogen-bond donors (Lipinski definition) is 2. The second-order valence-corrected chi connectivity index (χ2v) is 2.49. The van der Waals surface area contributed by atoms with Crippen molar-refractivity contribution >= 4 is 0 Å². The molecule has 0 aliphatic rings. The maximum absolute atomic E-state index is 9.46. The average molecular weight is 132 g/mol. The fourth-order valence-corrected chi connectivity index (χ4v) is 0.841. The first-order valence-electron chi connectivity index (χ1n) is 3.47. The number of rotatable bonds is 3. The lowest BCUT2D eigenvalue weighted by Crippen LogP contribution is -2.38. The van der Waals surface area contributed by atoms with E-state index in [1.807, 2.05) is 13.8 Å². The normalized spacial score (nSPS) is 15.7. The molecule has 0 bridgehead atoms. The fourth-order valence-electron chi connectivity index (χ4n) is 0.841. The van der Waals surface area contributed by atoms with E-state index in [0.717, 1.165) is 0 Å². The van der Waals surface area contributed by atoms with Crippen molar-refractivity contribution in [3.05, 3.63) is 0 Å².